The molecule has 1 fully saturated rings. The molecule has 0 radical (unpaired) electrons. The summed E-state index contributed by atoms with van der Waals surface area (Å²) in [5.74, 6) is 0. The van der Waals surface area contributed by atoms with Crippen molar-refractivity contribution in [2.45, 2.75) is 59.5 Å². The maximum Gasteiger partial charge on any atom is 0.170 e. The second-order valence-corrected chi connectivity index (χ2v) is 8.94. The molecule has 162 valence electrons. The number of nitrogens with zero attached hydrogens (tertiary/aromatic N) is 3. The van der Waals surface area contributed by atoms with Gasteiger partial charge >= 0.3 is 0 Å². The van der Waals surface area contributed by atoms with Crippen LogP contribution in [-0.2, 0) is 0 Å². The molecule has 4 nitrogen and oxygen atoms in total. The molecule has 1 aliphatic rings. The van der Waals surface area contributed by atoms with Crippen molar-refractivity contribution in [1.29, 1.82) is 0 Å². The van der Waals surface area contributed by atoms with Gasteiger partial charge in [0.2, 0.25) is 0 Å². The minimum absolute atomic E-state index is 0.0399. The van der Waals surface area contributed by atoms with Crippen molar-refractivity contribution in [3.8, 4) is 5.69 Å². The fraction of sp³-hybridized carbons (Fsp3) is 0.385. The van der Waals surface area contributed by atoms with Gasteiger partial charge in [-0.3, -0.25) is 4.98 Å². The van der Waals surface area contributed by atoms with Crippen molar-refractivity contribution < 1.29 is 0 Å². The third kappa shape index (κ3) is 3.87. The predicted molar refractivity (Wildman–Crippen MR) is 132 cm³/mol. The van der Waals surface area contributed by atoms with Gasteiger partial charge in [0, 0.05) is 29.8 Å². The SMILES string of the molecule is CCCCN1C(=S)N[C@H](c2ccccn2)[C@H]1c1cc(C)n(-c2cccc(C)c2C)c1C. The summed E-state index contributed by atoms with van der Waals surface area (Å²) in [5.41, 5.74) is 8.75. The monoisotopic (exact) mass is 432 g/mol. The van der Waals surface area contributed by atoms with E-state index >= 15 is 0 Å². The zero-order chi connectivity index (χ0) is 22.1. The molecule has 1 saturated heterocycles. The second kappa shape index (κ2) is 8.83. The second-order valence-electron chi connectivity index (χ2n) is 8.55. The minimum Gasteiger partial charge on any atom is -0.352 e. The highest BCUT2D eigenvalue weighted by molar-refractivity contribution is 7.80. The standard InChI is InChI=1S/C26H32N4S/c1-6-7-15-29-25(24(28-26(29)31)22-12-8-9-14-27-22)21-16-18(3)30(20(21)5)23-13-10-11-17(2)19(23)4/h8-14,16,24-25H,6-7,15H2,1-5H3,(H,28,31)/t24-,25-/m1/s1. The highest BCUT2D eigenvalue weighted by Gasteiger charge is 2.41. The molecule has 4 rings (SSSR count). The van der Waals surface area contributed by atoms with Gasteiger partial charge in [-0.25, -0.2) is 0 Å². The van der Waals surface area contributed by atoms with E-state index in [9.17, 15) is 0 Å². The Morgan fingerprint density at radius 2 is 1.87 bits per heavy atom. The van der Waals surface area contributed by atoms with Crippen LogP contribution in [0.3, 0.4) is 0 Å². The van der Waals surface area contributed by atoms with Gasteiger partial charge in [0.1, 0.15) is 0 Å². The number of thiocarbonyl (C=S) groups is 1. The molecular formula is C26H32N4S. The van der Waals surface area contributed by atoms with Gasteiger partial charge in [-0.1, -0.05) is 31.5 Å². The van der Waals surface area contributed by atoms with Gasteiger partial charge < -0.3 is 14.8 Å². The Labute approximate surface area is 191 Å². The Hall–Kier alpha value is -2.66. The van der Waals surface area contributed by atoms with E-state index < -0.39 is 0 Å². The summed E-state index contributed by atoms with van der Waals surface area (Å²) in [5, 5.41) is 4.40. The van der Waals surface area contributed by atoms with Crippen LogP contribution >= 0.6 is 12.2 Å². The zero-order valence-corrected chi connectivity index (χ0v) is 20.0. The summed E-state index contributed by atoms with van der Waals surface area (Å²) in [7, 11) is 0. The zero-order valence-electron chi connectivity index (χ0n) is 19.1. The number of nitrogens with one attached hydrogen (secondary N) is 1. The molecule has 3 aromatic rings. The summed E-state index contributed by atoms with van der Waals surface area (Å²) >= 11 is 5.80. The number of aromatic nitrogens is 2. The first-order chi connectivity index (χ1) is 14.9. The van der Waals surface area contributed by atoms with Crippen molar-refractivity contribution in [1.82, 2.24) is 19.8 Å². The highest BCUT2D eigenvalue weighted by Crippen LogP contribution is 2.41. The van der Waals surface area contributed by atoms with E-state index in [1.165, 1.54) is 33.8 Å². The van der Waals surface area contributed by atoms with Crippen molar-refractivity contribution >= 4 is 17.3 Å². The summed E-state index contributed by atoms with van der Waals surface area (Å²) in [6.45, 7) is 12.0. The van der Waals surface area contributed by atoms with Crippen LogP contribution in [0.1, 0.15) is 65.6 Å². The molecule has 0 amide bonds. The Balaban J connectivity index is 1.84. The van der Waals surface area contributed by atoms with Gasteiger partial charge in [0.05, 0.1) is 17.8 Å². The molecule has 3 heterocycles. The van der Waals surface area contributed by atoms with Crippen LogP contribution in [0.15, 0.2) is 48.7 Å². The lowest BCUT2D eigenvalue weighted by Crippen LogP contribution is -2.30. The fourth-order valence-electron chi connectivity index (χ4n) is 4.75. The normalized spacial score (nSPS) is 18.5. The van der Waals surface area contributed by atoms with Gasteiger partial charge in [0.15, 0.2) is 5.11 Å². The highest BCUT2D eigenvalue weighted by atomic mass is 32.1. The van der Waals surface area contributed by atoms with E-state index in [0.29, 0.717) is 0 Å². The van der Waals surface area contributed by atoms with Crippen molar-refractivity contribution in [3.05, 3.63) is 82.4 Å². The van der Waals surface area contributed by atoms with Crippen LogP contribution in [-0.4, -0.2) is 26.1 Å². The van der Waals surface area contributed by atoms with Gasteiger partial charge in [-0.05, 0) is 87.3 Å². The smallest absolute Gasteiger partial charge is 0.170 e. The first-order valence-electron chi connectivity index (χ1n) is 11.2. The molecule has 1 aliphatic heterocycles. The van der Waals surface area contributed by atoms with Crippen LogP contribution in [0.2, 0.25) is 0 Å². The van der Waals surface area contributed by atoms with Crippen LogP contribution in [0.25, 0.3) is 5.69 Å². The number of hydrogen-bond donors (Lipinski definition) is 1. The number of pyridine rings is 1. The lowest BCUT2D eigenvalue weighted by Gasteiger charge is -2.28. The molecule has 0 saturated carbocycles. The summed E-state index contributed by atoms with van der Waals surface area (Å²) in [6, 6.07) is 15.2. The van der Waals surface area contributed by atoms with E-state index in [0.717, 1.165) is 30.2 Å². The number of aryl methyl sites for hydroxylation is 2. The topological polar surface area (TPSA) is 33.1 Å². The van der Waals surface area contributed by atoms with Crippen molar-refractivity contribution in [2.24, 2.45) is 0 Å². The third-order valence-corrected chi connectivity index (χ3v) is 6.91. The van der Waals surface area contributed by atoms with Gasteiger partial charge in [0.25, 0.3) is 0 Å². The molecule has 0 bridgehead atoms. The predicted octanol–water partition coefficient (Wildman–Crippen LogP) is 5.88. The van der Waals surface area contributed by atoms with E-state index in [1.54, 1.807) is 0 Å². The van der Waals surface area contributed by atoms with Crippen LogP contribution < -0.4 is 5.32 Å². The van der Waals surface area contributed by atoms with Crippen LogP contribution in [0, 0.1) is 27.7 Å². The third-order valence-electron chi connectivity index (χ3n) is 6.56. The quantitative estimate of drug-likeness (QED) is 0.493. The van der Waals surface area contributed by atoms with Gasteiger partial charge in [-0.15, -0.1) is 0 Å². The summed E-state index contributed by atoms with van der Waals surface area (Å²) in [4.78, 5) is 7.04. The lowest BCUT2D eigenvalue weighted by atomic mass is 9.96. The Bertz CT molecular complexity index is 1090. The molecule has 5 heteroatoms. The van der Waals surface area contributed by atoms with E-state index in [2.05, 4.69) is 90.8 Å². The number of rotatable bonds is 6. The maximum absolute atomic E-state index is 5.80. The first-order valence-corrected chi connectivity index (χ1v) is 11.6. The summed E-state index contributed by atoms with van der Waals surface area (Å²) < 4.78 is 2.40. The number of hydrogen-bond acceptors (Lipinski definition) is 2. The first kappa shape index (κ1) is 21.6. The molecule has 2 atom stereocenters. The van der Waals surface area contributed by atoms with Crippen molar-refractivity contribution in [2.75, 3.05) is 6.54 Å². The Kier molecular flexibility index (Phi) is 6.15. The molecule has 2 aromatic heterocycles. The largest absolute Gasteiger partial charge is 0.352 e. The van der Waals surface area contributed by atoms with E-state index in [4.69, 9.17) is 12.2 Å². The molecular weight excluding hydrogens is 400 g/mol. The molecule has 0 spiro atoms. The summed E-state index contributed by atoms with van der Waals surface area (Å²) in [6.07, 6.45) is 4.12. The van der Waals surface area contributed by atoms with Crippen LogP contribution in [0.5, 0.6) is 0 Å². The molecule has 1 aromatic carbocycles. The minimum atomic E-state index is 0.0399. The molecule has 1 N–H and O–H groups in total. The van der Waals surface area contributed by atoms with E-state index in [1.807, 2.05) is 12.3 Å². The lowest BCUT2D eigenvalue weighted by molar-refractivity contribution is 0.312. The Morgan fingerprint density at radius 1 is 1.06 bits per heavy atom. The molecule has 31 heavy (non-hydrogen) atoms. The number of unbranched alkanes of at least 4 members (excludes halogenated alkanes) is 1. The molecule has 0 aliphatic carbocycles. The van der Waals surface area contributed by atoms with Crippen molar-refractivity contribution in [3.63, 3.8) is 0 Å². The van der Waals surface area contributed by atoms with Crippen LogP contribution in [0.4, 0.5) is 0 Å². The van der Waals surface area contributed by atoms with E-state index in [-0.39, 0.29) is 12.1 Å². The number of benzene rings is 1. The maximum atomic E-state index is 5.80. The Morgan fingerprint density at radius 3 is 2.58 bits per heavy atom. The molecule has 0 unspecified atom stereocenters. The van der Waals surface area contributed by atoms with Gasteiger partial charge in [-0.2, -0.15) is 0 Å². The average Bonchev–Trinajstić information content (AvgIpc) is 3.24. The average molecular weight is 433 g/mol. The fourth-order valence-corrected chi connectivity index (χ4v) is 5.08.